The predicted octanol–water partition coefficient (Wildman–Crippen LogP) is 2.16. The Labute approximate surface area is 126 Å². The molecule has 0 bridgehead atoms. The molecule has 21 heavy (non-hydrogen) atoms. The Morgan fingerprint density at radius 1 is 1.33 bits per heavy atom. The van der Waals surface area contributed by atoms with E-state index in [-0.39, 0.29) is 30.2 Å². The molecule has 2 rings (SSSR count). The summed E-state index contributed by atoms with van der Waals surface area (Å²) < 4.78 is 0. The molecule has 1 fully saturated rings. The van der Waals surface area contributed by atoms with E-state index in [2.05, 4.69) is 19.2 Å². The van der Waals surface area contributed by atoms with Gasteiger partial charge in [-0.05, 0) is 17.9 Å². The maximum absolute atomic E-state index is 12.9. The second kappa shape index (κ2) is 7.25. The number of hydrogen-bond donors (Lipinski definition) is 1. The van der Waals surface area contributed by atoms with Crippen LogP contribution in [0, 0.1) is 5.92 Å². The number of amides is 2. The Morgan fingerprint density at radius 3 is 2.71 bits per heavy atom. The molecule has 0 spiro atoms. The van der Waals surface area contributed by atoms with Crippen molar-refractivity contribution in [1.29, 1.82) is 0 Å². The van der Waals surface area contributed by atoms with E-state index >= 15 is 0 Å². The summed E-state index contributed by atoms with van der Waals surface area (Å²) >= 11 is 0. The third-order valence-electron chi connectivity index (χ3n) is 4.21. The molecule has 1 saturated heterocycles. The molecule has 2 amide bonds. The van der Waals surface area contributed by atoms with Crippen molar-refractivity contribution in [3.8, 4) is 0 Å². The highest BCUT2D eigenvalue weighted by molar-refractivity contribution is 5.89. The Balaban J connectivity index is 2.23. The monoisotopic (exact) mass is 288 g/mol. The fourth-order valence-electron chi connectivity index (χ4n) is 2.80. The lowest BCUT2D eigenvalue weighted by Gasteiger charge is -2.29. The first-order valence-electron chi connectivity index (χ1n) is 7.74. The molecule has 0 saturated carbocycles. The molecule has 4 heteroatoms. The highest BCUT2D eigenvalue weighted by Gasteiger charge is 2.31. The molecule has 1 heterocycles. The van der Waals surface area contributed by atoms with Crippen LogP contribution in [0.5, 0.6) is 0 Å². The van der Waals surface area contributed by atoms with Gasteiger partial charge < -0.3 is 10.2 Å². The highest BCUT2D eigenvalue weighted by Crippen LogP contribution is 2.29. The summed E-state index contributed by atoms with van der Waals surface area (Å²) in [6.07, 6.45) is 1.75. The topological polar surface area (TPSA) is 49.4 Å². The molecule has 114 valence electrons. The average molecular weight is 288 g/mol. The minimum absolute atomic E-state index is 0.0585. The first-order valence-corrected chi connectivity index (χ1v) is 7.74. The van der Waals surface area contributed by atoms with E-state index in [1.54, 1.807) is 4.90 Å². The van der Waals surface area contributed by atoms with Crippen molar-refractivity contribution in [3.63, 3.8) is 0 Å². The molecule has 0 radical (unpaired) electrons. The fourth-order valence-corrected chi connectivity index (χ4v) is 2.80. The van der Waals surface area contributed by atoms with Crippen LogP contribution < -0.4 is 5.32 Å². The van der Waals surface area contributed by atoms with Crippen LogP contribution in [-0.4, -0.2) is 36.3 Å². The summed E-state index contributed by atoms with van der Waals surface area (Å²) in [5, 5.41) is 2.82. The molecule has 4 nitrogen and oxygen atoms in total. The summed E-state index contributed by atoms with van der Waals surface area (Å²) in [5.74, 6) is 0.109. The lowest BCUT2D eigenvalue weighted by atomic mass is 9.84. The largest absolute Gasteiger partial charge is 0.354 e. The molecule has 2 atom stereocenters. The van der Waals surface area contributed by atoms with Crippen LogP contribution >= 0.6 is 0 Å². The van der Waals surface area contributed by atoms with Gasteiger partial charge in [0, 0.05) is 13.1 Å². The van der Waals surface area contributed by atoms with Crippen LogP contribution in [0.15, 0.2) is 30.3 Å². The predicted molar refractivity (Wildman–Crippen MR) is 82.8 cm³/mol. The third kappa shape index (κ3) is 3.84. The van der Waals surface area contributed by atoms with Gasteiger partial charge in [0.2, 0.25) is 11.8 Å². The molecule has 2 unspecified atom stereocenters. The SMILES string of the molecule is CCC(C)C(C(=O)N1CCCNC(=O)C1)c1ccccc1. The van der Waals surface area contributed by atoms with Gasteiger partial charge in [0.25, 0.3) is 0 Å². The third-order valence-corrected chi connectivity index (χ3v) is 4.21. The molecule has 1 aromatic rings. The lowest BCUT2D eigenvalue weighted by Crippen LogP contribution is -2.41. The zero-order valence-corrected chi connectivity index (χ0v) is 12.8. The molecule has 1 aliphatic heterocycles. The maximum atomic E-state index is 12.9. The van der Waals surface area contributed by atoms with Crippen molar-refractivity contribution in [2.75, 3.05) is 19.6 Å². The average Bonchev–Trinajstić information content (AvgIpc) is 2.73. The first kappa shape index (κ1) is 15.5. The molecule has 0 aromatic heterocycles. The zero-order chi connectivity index (χ0) is 15.2. The lowest BCUT2D eigenvalue weighted by molar-refractivity contribution is -0.137. The van der Waals surface area contributed by atoms with E-state index in [1.807, 2.05) is 30.3 Å². The summed E-state index contributed by atoms with van der Waals surface area (Å²) in [6.45, 7) is 5.69. The Hall–Kier alpha value is -1.84. The molecular weight excluding hydrogens is 264 g/mol. The van der Waals surface area contributed by atoms with Crippen molar-refractivity contribution in [2.24, 2.45) is 5.92 Å². The number of rotatable bonds is 4. The van der Waals surface area contributed by atoms with E-state index in [0.29, 0.717) is 13.1 Å². The smallest absolute Gasteiger partial charge is 0.239 e. The minimum atomic E-state index is -0.165. The summed E-state index contributed by atoms with van der Waals surface area (Å²) in [4.78, 5) is 26.3. The summed E-state index contributed by atoms with van der Waals surface area (Å²) in [7, 11) is 0. The van der Waals surface area contributed by atoms with E-state index < -0.39 is 0 Å². The number of hydrogen-bond acceptors (Lipinski definition) is 2. The molecule has 1 aromatic carbocycles. The van der Waals surface area contributed by atoms with Crippen LogP contribution in [-0.2, 0) is 9.59 Å². The second-order valence-corrected chi connectivity index (χ2v) is 5.74. The van der Waals surface area contributed by atoms with Crippen molar-refractivity contribution in [2.45, 2.75) is 32.6 Å². The highest BCUT2D eigenvalue weighted by atomic mass is 16.2. The Morgan fingerprint density at radius 2 is 2.05 bits per heavy atom. The number of nitrogens with one attached hydrogen (secondary N) is 1. The van der Waals surface area contributed by atoms with Gasteiger partial charge in [-0.2, -0.15) is 0 Å². The maximum Gasteiger partial charge on any atom is 0.239 e. The van der Waals surface area contributed by atoms with Crippen molar-refractivity contribution >= 4 is 11.8 Å². The van der Waals surface area contributed by atoms with Gasteiger partial charge in [-0.15, -0.1) is 0 Å². The van der Waals surface area contributed by atoms with Gasteiger partial charge in [-0.3, -0.25) is 9.59 Å². The van der Waals surface area contributed by atoms with Gasteiger partial charge in [0.15, 0.2) is 0 Å². The number of nitrogens with zero attached hydrogens (tertiary/aromatic N) is 1. The molecular formula is C17H24N2O2. The quantitative estimate of drug-likeness (QED) is 0.923. The normalized spacial score (nSPS) is 18.6. The van der Waals surface area contributed by atoms with Crippen LogP contribution in [0.4, 0.5) is 0 Å². The minimum Gasteiger partial charge on any atom is -0.354 e. The van der Waals surface area contributed by atoms with Crippen molar-refractivity contribution in [3.05, 3.63) is 35.9 Å². The van der Waals surface area contributed by atoms with Crippen LogP contribution in [0.1, 0.15) is 38.2 Å². The van der Waals surface area contributed by atoms with E-state index in [1.165, 1.54) is 0 Å². The van der Waals surface area contributed by atoms with Crippen LogP contribution in [0.25, 0.3) is 0 Å². The number of benzene rings is 1. The first-order chi connectivity index (χ1) is 10.1. The van der Waals surface area contributed by atoms with E-state index in [4.69, 9.17) is 0 Å². The molecule has 0 aliphatic carbocycles. The summed E-state index contributed by atoms with van der Waals surface area (Å²) in [6, 6.07) is 9.90. The van der Waals surface area contributed by atoms with E-state index in [0.717, 1.165) is 18.4 Å². The van der Waals surface area contributed by atoms with Crippen molar-refractivity contribution < 1.29 is 9.59 Å². The van der Waals surface area contributed by atoms with Gasteiger partial charge >= 0.3 is 0 Å². The standard InChI is InChI=1S/C17H24N2O2/c1-3-13(2)16(14-8-5-4-6-9-14)17(21)19-11-7-10-18-15(20)12-19/h4-6,8-9,13,16H,3,7,10-12H2,1-2H3,(H,18,20). The van der Waals surface area contributed by atoms with Gasteiger partial charge in [-0.1, -0.05) is 50.6 Å². The van der Waals surface area contributed by atoms with Crippen LogP contribution in [0.3, 0.4) is 0 Å². The number of carbonyl (C=O) groups is 2. The molecule has 1 aliphatic rings. The van der Waals surface area contributed by atoms with Gasteiger partial charge in [0.1, 0.15) is 0 Å². The van der Waals surface area contributed by atoms with Crippen LogP contribution in [0.2, 0.25) is 0 Å². The zero-order valence-electron chi connectivity index (χ0n) is 12.8. The van der Waals surface area contributed by atoms with E-state index in [9.17, 15) is 9.59 Å². The molecule has 1 N–H and O–H groups in total. The van der Waals surface area contributed by atoms with Gasteiger partial charge in [-0.25, -0.2) is 0 Å². The van der Waals surface area contributed by atoms with Gasteiger partial charge in [0.05, 0.1) is 12.5 Å². The second-order valence-electron chi connectivity index (χ2n) is 5.74. The Kier molecular flexibility index (Phi) is 5.37. The Bertz CT molecular complexity index is 487. The van der Waals surface area contributed by atoms with Crippen molar-refractivity contribution in [1.82, 2.24) is 10.2 Å². The fraction of sp³-hybridized carbons (Fsp3) is 0.529. The summed E-state index contributed by atoms with van der Waals surface area (Å²) in [5.41, 5.74) is 1.04. The number of carbonyl (C=O) groups excluding carboxylic acids is 2.